The average Bonchev–Trinajstić information content (AvgIpc) is 2.39. The summed E-state index contributed by atoms with van der Waals surface area (Å²) in [5.41, 5.74) is 0.463. The fraction of sp³-hybridized carbons (Fsp3) is 0.571. The van der Waals surface area contributed by atoms with Crippen LogP contribution in [0.4, 0.5) is 0 Å². The fourth-order valence-electron chi connectivity index (χ4n) is 2.57. The van der Waals surface area contributed by atoms with E-state index in [0.717, 1.165) is 32.2 Å². The minimum Gasteiger partial charge on any atom is -0.334 e. The zero-order valence-corrected chi connectivity index (χ0v) is 11.5. The molecule has 0 bridgehead atoms. The summed E-state index contributed by atoms with van der Waals surface area (Å²) >= 11 is 5.91. The third-order valence-corrected chi connectivity index (χ3v) is 3.69. The fourth-order valence-corrected chi connectivity index (χ4v) is 2.73. The van der Waals surface area contributed by atoms with Gasteiger partial charge in [0.1, 0.15) is 5.69 Å². The molecule has 0 N–H and O–H groups in total. The number of aromatic nitrogens is 1. The van der Waals surface area contributed by atoms with Crippen LogP contribution in [-0.2, 0) is 0 Å². The molecule has 2 heterocycles. The van der Waals surface area contributed by atoms with Crippen LogP contribution in [0.5, 0.6) is 0 Å². The highest BCUT2D eigenvalue weighted by Gasteiger charge is 2.27. The number of halogens is 1. The summed E-state index contributed by atoms with van der Waals surface area (Å²) in [4.78, 5) is 18.6. The Bertz CT molecular complexity index is 420. The zero-order valence-electron chi connectivity index (χ0n) is 10.7. The highest BCUT2D eigenvalue weighted by atomic mass is 35.5. The highest BCUT2D eigenvalue weighted by Crippen LogP contribution is 2.23. The zero-order chi connectivity index (χ0) is 13.0. The molecule has 1 unspecified atom stereocenters. The standard InChI is InChI=1S/C14H19ClN2O/c1-2-5-12-6-3-4-9-17(12)14(18)13-10-11(15)7-8-16-13/h7-8,10,12H,2-6,9H2,1H3. The van der Waals surface area contributed by atoms with Gasteiger partial charge in [-0.15, -0.1) is 0 Å². The number of carbonyl (C=O) groups excluding carboxylic acids is 1. The lowest BCUT2D eigenvalue weighted by Gasteiger charge is -2.35. The summed E-state index contributed by atoms with van der Waals surface area (Å²) in [6, 6.07) is 3.72. The van der Waals surface area contributed by atoms with Gasteiger partial charge in [-0.25, -0.2) is 0 Å². The van der Waals surface area contributed by atoms with E-state index in [1.807, 2.05) is 4.90 Å². The predicted molar refractivity (Wildman–Crippen MR) is 72.8 cm³/mol. The van der Waals surface area contributed by atoms with Crippen LogP contribution in [0.1, 0.15) is 49.5 Å². The molecule has 3 nitrogen and oxygen atoms in total. The van der Waals surface area contributed by atoms with E-state index < -0.39 is 0 Å². The molecule has 4 heteroatoms. The number of likely N-dealkylation sites (tertiary alicyclic amines) is 1. The molecule has 1 saturated heterocycles. The molecule has 1 amide bonds. The third kappa shape index (κ3) is 3.02. The smallest absolute Gasteiger partial charge is 0.272 e. The normalized spacial score (nSPS) is 19.9. The molecule has 98 valence electrons. The van der Waals surface area contributed by atoms with Crippen LogP contribution in [0, 0.1) is 0 Å². The van der Waals surface area contributed by atoms with Crippen molar-refractivity contribution in [3.8, 4) is 0 Å². The van der Waals surface area contributed by atoms with Crippen molar-refractivity contribution in [1.29, 1.82) is 0 Å². The Balaban J connectivity index is 2.15. The largest absolute Gasteiger partial charge is 0.334 e. The van der Waals surface area contributed by atoms with E-state index in [1.54, 1.807) is 18.3 Å². The van der Waals surface area contributed by atoms with Gasteiger partial charge in [0.15, 0.2) is 0 Å². The molecule has 2 rings (SSSR count). The number of pyridine rings is 1. The van der Waals surface area contributed by atoms with Crippen molar-refractivity contribution in [2.75, 3.05) is 6.54 Å². The van der Waals surface area contributed by atoms with Gasteiger partial charge in [0.25, 0.3) is 5.91 Å². The number of piperidine rings is 1. The number of nitrogens with zero attached hydrogens (tertiary/aromatic N) is 2. The summed E-state index contributed by atoms with van der Waals surface area (Å²) in [6.07, 6.45) is 7.20. The summed E-state index contributed by atoms with van der Waals surface area (Å²) in [6.45, 7) is 3.01. The molecule has 1 aromatic rings. The summed E-state index contributed by atoms with van der Waals surface area (Å²) < 4.78 is 0. The van der Waals surface area contributed by atoms with Crippen molar-refractivity contribution in [1.82, 2.24) is 9.88 Å². The van der Waals surface area contributed by atoms with Crippen molar-refractivity contribution in [3.63, 3.8) is 0 Å². The Morgan fingerprint density at radius 3 is 3.11 bits per heavy atom. The lowest BCUT2D eigenvalue weighted by Crippen LogP contribution is -2.43. The van der Waals surface area contributed by atoms with E-state index in [2.05, 4.69) is 11.9 Å². The molecule has 0 spiro atoms. The van der Waals surface area contributed by atoms with Gasteiger partial charge in [0.05, 0.1) is 0 Å². The second-order valence-electron chi connectivity index (χ2n) is 4.80. The second-order valence-corrected chi connectivity index (χ2v) is 5.23. The predicted octanol–water partition coefficient (Wildman–Crippen LogP) is 3.53. The van der Waals surface area contributed by atoms with Crippen molar-refractivity contribution in [3.05, 3.63) is 29.0 Å². The Morgan fingerprint density at radius 2 is 2.39 bits per heavy atom. The van der Waals surface area contributed by atoms with Crippen molar-refractivity contribution >= 4 is 17.5 Å². The van der Waals surface area contributed by atoms with Gasteiger partial charge >= 0.3 is 0 Å². The average molecular weight is 267 g/mol. The molecule has 1 aliphatic rings. The molecule has 1 atom stereocenters. The van der Waals surface area contributed by atoms with Gasteiger partial charge in [0, 0.05) is 23.8 Å². The van der Waals surface area contributed by atoms with Crippen LogP contribution >= 0.6 is 11.6 Å². The summed E-state index contributed by atoms with van der Waals surface area (Å²) in [5, 5.41) is 0.567. The highest BCUT2D eigenvalue weighted by molar-refractivity contribution is 6.30. The number of carbonyl (C=O) groups is 1. The monoisotopic (exact) mass is 266 g/mol. The van der Waals surface area contributed by atoms with Gasteiger partial charge in [-0.2, -0.15) is 0 Å². The van der Waals surface area contributed by atoms with Crippen LogP contribution in [-0.4, -0.2) is 28.4 Å². The van der Waals surface area contributed by atoms with Crippen LogP contribution < -0.4 is 0 Å². The molecule has 0 radical (unpaired) electrons. The van der Waals surface area contributed by atoms with Crippen molar-refractivity contribution < 1.29 is 4.79 Å². The maximum atomic E-state index is 12.4. The lowest BCUT2D eigenvalue weighted by molar-refractivity contribution is 0.0594. The van der Waals surface area contributed by atoms with Crippen LogP contribution in [0.2, 0.25) is 5.02 Å². The van der Waals surface area contributed by atoms with Crippen LogP contribution in [0.3, 0.4) is 0 Å². The molecular weight excluding hydrogens is 248 g/mol. The van der Waals surface area contributed by atoms with E-state index in [0.29, 0.717) is 16.8 Å². The Morgan fingerprint density at radius 1 is 1.56 bits per heavy atom. The molecule has 1 aliphatic heterocycles. The van der Waals surface area contributed by atoms with Gasteiger partial charge in [-0.3, -0.25) is 9.78 Å². The minimum absolute atomic E-state index is 0.0238. The number of amides is 1. The van der Waals surface area contributed by atoms with E-state index in [-0.39, 0.29) is 5.91 Å². The maximum Gasteiger partial charge on any atom is 0.272 e. The van der Waals surface area contributed by atoms with Crippen LogP contribution in [0.25, 0.3) is 0 Å². The molecular formula is C14H19ClN2O. The molecule has 18 heavy (non-hydrogen) atoms. The molecule has 0 aliphatic carbocycles. The number of rotatable bonds is 3. The van der Waals surface area contributed by atoms with Crippen molar-refractivity contribution in [2.24, 2.45) is 0 Å². The first-order valence-corrected chi connectivity index (χ1v) is 7.02. The Kier molecular flexibility index (Phi) is 4.59. The van der Waals surface area contributed by atoms with E-state index in [4.69, 9.17) is 11.6 Å². The minimum atomic E-state index is 0.0238. The maximum absolute atomic E-state index is 12.4. The van der Waals surface area contributed by atoms with E-state index in [9.17, 15) is 4.79 Å². The molecule has 1 aromatic heterocycles. The van der Waals surface area contributed by atoms with Gasteiger partial charge < -0.3 is 4.90 Å². The van der Waals surface area contributed by atoms with Gasteiger partial charge in [0.2, 0.25) is 0 Å². The number of hydrogen-bond donors (Lipinski definition) is 0. The van der Waals surface area contributed by atoms with E-state index >= 15 is 0 Å². The van der Waals surface area contributed by atoms with Crippen molar-refractivity contribution in [2.45, 2.75) is 45.1 Å². The summed E-state index contributed by atoms with van der Waals surface area (Å²) in [7, 11) is 0. The number of hydrogen-bond acceptors (Lipinski definition) is 2. The first kappa shape index (κ1) is 13.3. The van der Waals surface area contributed by atoms with Crippen LogP contribution in [0.15, 0.2) is 18.3 Å². The Hall–Kier alpha value is -1.09. The SMILES string of the molecule is CCCC1CCCCN1C(=O)c1cc(Cl)ccn1. The van der Waals surface area contributed by atoms with Gasteiger partial charge in [-0.05, 0) is 37.8 Å². The van der Waals surface area contributed by atoms with Gasteiger partial charge in [-0.1, -0.05) is 24.9 Å². The molecule has 0 aromatic carbocycles. The molecule has 1 fully saturated rings. The third-order valence-electron chi connectivity index (χ3n) is 3.45. The topological polar surface area (TPSA) is 33.2 Å². The Labute approximate surface area is 113 Å². The lowest BCUT2D eigenvalue weighted by atomic mass is 9.98. The quantitative estimate of drug-likeness (QED) is 0.839. The first-order chi connectivity index (χ1) is 8.72. The second kappa shape index (κ2) is 6.19. The first-order valence-electron chi connectivity index (χ1n) is 6.65. The summed E-state index contributed by atoms with van der Waals surface area (Å²) in [5.74, 6) is 0.0238. The molecule has 0 saturated carbocycles. The van der Waals surface area contributed by atoms with E-state index in [1.165, 1.54) is 6.42 Å².